The van der Waals surface area contributed by atoms with Crippen LogP contribution in [0.25, 0.3) is 0 Å². The third-order valence-corrected chi connectivity index (χ3v) is 2.58. The molecule has 6 heteroatoms. The summed E-state index contributed by atoms with van der Waals surface area (Å²) < 4.78 is 5.32. The fourth-order valence-corrected chi connectivity index (χ4v) is 2.02. The lowest BCUT2D eigenvalue weighted by Gasteiger charge is -2.07. The molecule has 0 N–H and O–H groups in total. The van der Waals surface area contributed by atoms with Crippen molar-refractivity contribution < 1.29 is 9.66 Å². The number of halogens is 2. The van der Waals surface area contributed by atoms with E-state index >= 15 is 0 Å². The zero-order chi connectivity index (χ0) is 12.1. The van der Waals surface area contributed by atoms with Crippen LogP contribution >= 0.6 is 31.9 Å². The highest BCUT2D eigenvalue weighted by Crippen LogP contribution is 2.28. The second kappa shape index (κ2) is 6.20. The zero-order valence-electron chi connectivity index (χ0n) is 8.65. The quantitative estimate of drug-likeness (QED) is 0.461. The lowest BCUT2D eigenvalue weighted by atomic mass is 10.1. The van der Waals surface area contributed by atoms with E-state index in [1.54, 1.807) is 12.1 Å². The van der Waals surface area contributed by atoms with Crippen LogP contribution in [-0.2, 0) is 6.42 Å². The molecule has 0 unspecified atom stereocenters. The van der Waals surface area contributed by atoms with E-state index in [1.807, 2.05) is 6.92 Å². The van der Waals surface area contributed by atoms with Crippen LogP contribution in [0.1, 0.15) is 12.5 Å². The van der Waals surface area contributed by atoms with Crippen molar-refractivity contribution >= 4 is 37.5 Å². The minimum atomic E-state index is -0.382. The monoisotopic (exact) mass is 351 g/mol. The molecule has 0 atom stereocenters. The predicted octanol–water partition coefficient (Wildman–Crippen LogP) is 3.65. The van der Waals surface area contributed by atoms with E-state index in [0.717, 1.165) is 0 Å². The van der Waals surface area contributed by atoms with E-state index in [9.17, 15) is 10.1 Å². The van der Waals surface area contributed by atoms with Gasteiger partial charge in [0.25, 0.3) is 5.69 Å². The molecule has 1 rings (SSSR count). The van der Waals surface area contributed by atoms with Crippen LogP contribution in [0.2, 0.25) is 0 Å². The maximum atomic E-state index is 10.8. The molecule has 0 spiro atoms. The highest BCUT2D eigenvalue weighted by atomic mass is 79.9. The topological polar surface area (TPSA) is 52.4 Å². The summed E-state index contributed by atoms with van der Waals surface area (Å²) in [6, 6.07) is 4.79. The lowest BCUT2D eigenvalue weighted by Crippen LogP contribution is -2.01. The molecule has 4 nitrogen and oxygen atoms in total. The SMILES string of the molecule is CCOc1ccc([N+](=O)[O-])c(CC(Br)Br)c1. The summed E-state index contributed by atoms with van der Waals surface area (Å²) in [5.74, 6) is 0.656. The molecule has 0 saturated heterocycles. The minimum Gasteiger partial charge on any atom is -0.494 e. The Hall–Kier alpha value is -0.620. The maximum Gasteiger partial charge on any atom is 0.272 e. The van der Waals surface area contributed by atoms with Crippen LogP contribution in [0.4, 0.5) is 5.69 Å². The molecule has 0 heterocycles. The number of nitro benzene ring substituents is 1. The summed E-state index contributed by atoms with van der Waals surface area (Å²) in [5, 5.41) is 10.8. The molecule has 0 radical (unpaired) electrons. The molecule has 88 valence electrons. The Morgan fingerprint density at radius 3 is 2.69 bits per heavy atom. The minimum absolute atomic E-state index is 0.00979. The number of rotatable bonds is 5. The molecule has 0 bridgehead atoms. The number of nitro groups is 1. The summed E-state index contributed by atoms with van der Waals surface area (Å²) in [6.07, 6.45) is 0.525. The third kappa shape index (κ3) is 3.75. The second-order valence-electron chi connectivity index (χ2n) is 3.08. The molecule has 0 fully saturated rings. The van der Waals surface area contributed by atoms with E-state index in [4.69, 9.17) is 4.74 Å². The van der Waals surface area contributed by atoms with Gasteiger partial charge in [0.1, 0.15) is 5.75 Å². The van der Waals surface area contributed by atoms with E-state index < -0.39 is 0 Å². The molecular formula is C10H11Br2NO3. The van der Waals surface area contributed by atoms with Gasteiger partial charge in [-0.15, -0.1) is 0 Å². The molecular weight excluding hydrogens is 342 g/mol. The van der Waals surface area contributed by atoms with Gasteiger partial charge in [0, 0.05) is 18.1 Å². The van der Waals surface area contributed by atoms with Crippen LogP contribution in [0.5, 0.6) is 5.75 Å². The fourth-order valence-electron chi connectivity index (χ4n) is 1.33. The average molecular weight is 353 g/mol. The summed E-state index contributed by atoms with van der Waals surface area (Å²) in [6.45, 7) is 2.42. The van der Waals surface area contributed by atoms with Gasteiger partial charge < -0.3 is 4.74 Å². The number of alkyl halides is 2. The summed E-state index contributed by atoms with van der Waals surface area (Å²) in [4.78, 5) is 10.4. The van der Waals surface area contributed by atoms with Crippen LogP contribution < -0.4 is 4.74 Å². The van der Waals surface area contributed by atoms with Crippen molar-refractivity contribution in [3.8, 4) is 5.75 Å². The van der Waals surface area contributed by atoms with Gasteiger partial charge in [0.05, 0.1) is 15.3 Å². The largest absolute Gasteiger partial charge is 0.494 e. The number of hydrogen-bond acceptors (Lipinski definition) is 3. The maximum absolute atomic E-state index is 10.8. The van der Waals surface area contributed by atoms with E-state index in [0.29, 0.717) is 24.3 Å². The van der Waals surface area contributed by atoms with Crippen LogP contribution in [0.15, 0.2) is 18.2 Å². The summed E-state index contributed by atoms with van der Waals surface area (Å²) in [5.41, 5.74) is 0.766. The van der Waals surface area contributed by atoms with Gasteiger partial charge in [0.15, 0.2) is 0 Å². The Balaban J connectivity index is 3.05. The Morgan fingerprint density at radius 2 is 2.19 bits per heavy atom. The van der Waals surface area contributed by atoms with Gasteiger partial charge in [-0.25, -0.2) is 0 Å². The summed E-state index contributed by atoms with van der Waals surface area (Å²) in [7, 11) is 0. The Labute approximate surface area is 110 Å². The first kappa shape index (κ1) is 13.4. The van der Waals surface area contributed by atoms with Gasteiger partial charge in [0.2, 0.25) is 0 Å². The van der Waals surface area contributed by atoms with Crippen LogP contribution in [-0.4, -0.2) is 15.3 Å². The fraction of sp³-hybridized carbons (Fsp3) is 0.400. The van der Waals surface area contributed by atoms with Gasteiger partial charge in [-0.1, -0.05) is 31.9 Å². The standard InChI is InChI=1S/C10H11Br2NO3/c1-2-16-8-3-4-9(13(14)15)7(5-8)6-10(11)12/h3-5,10H,2,6H2,1H3. The second-order valence-corrected chi connectivity index (χ2v) is 6.52. The number of hydrogen-bond donors (Lipinski definition) is 0. The average Bonchev–Trinajstić information content (AvgIpc) is 2.16. The third-order valence-electron chi connectivity index (χ3n) is 1.93. The van der Waals surface area contributed by atoms with Crippen molar-refractivity contribution in [2.45, 2.75) is 17.1 Å². The van der Waals surface area contributed by atoms with E-state index in [1.165, 1.54) is 6.07 Å². The number of benzene rings is 1. The van der Waals surface area contributed by atoms with Crippen molar-refractivity contribution in [1.29, 1.82) is 0 Å². The molecule has 0 amide bonds. The van der Waals surface area contributed by atoms with E-state index in [-0.39, 0.29) is 14.3 Å². The Kier molecular flexibility index (Phi) is 5.21. The molecule has 0 aromatic heterocycles. The van der Waals surface area contributed by atoms with Gasteiger partial charge >= 0.3 is 0 Å². The molecule has 1 aromatic rings. The molecule has 1 aromatic carbocycles. The molecule has 0 aliphatic carbocycles. The molecule has 0 aliphatic rings. The highest BCUT2D eigenvalue weighted by molar-refractivity contribution is 9.24. The van der Waals surface area contributed by atoms with Crippen molar-refractivity contribution in [1.82, 2.24) is 0 Å². The zero-order valence-corrected chi connectivity index (χ0v) is 11.8. The molecule has 16 heavy (non-hydrogen) atoms. The first-order valence-corrected chi connectivity index (χ1v) is 6.56. The Bertz CT molecular complexity index is 382. The number of ether oxygens (including phenoxy) is 1. The van der Waals surface area contributed by atoms with Gasteiger partial charge in [-0.3, -0.25) is 10.1 Å². The normalized spacial score (nSPS) is 10.5. The number of nitrogens with zero attached hydrogens (tertiary/aromatic N) is 1. The Morgan fingerprint density at radius 1 is 1.50 bits per heavy atom. The van der Waals surface area contributed by atoms with Gasteiger partial charge in [-0.2, -0.15) is 0 Å². The lowest BCUT2D eigenvalue weighted by molar-refractivity contribution is -0.385. The predicted molar refractivity (Wildman–Crippen MR) is 69.6 cm³/mol. The van der Waals surface area contributed by atoms with Crippen molar-refractivity contribution in [2.24, 2.45) is 0 Å². The van der Waals surface area contributed by atoms with Crippen molar-refractivity contribution in [3.63, 3.8) is 0 Å². The first-order chi connectivity index (χ1) is 7.54. The van der Waals surface area contributed by atoms with Crippen LogP contribution in [0, 0.1) is 10.1 Å². The van der Waals surface area contributed by atoms with Crippen LogP contribution in [0.3, 0.4) is 0 Å². The summed E-state index contributed by atoms with van der Waals surface area (Å²) >= 11 is 6.62. The van der Waals surface area contributed by atoms with E-state index in [2.05, 4.69) is 31.9 Å². The first-order valence-electron chi connectivity index (χ1n) is 4.72. The van der Waals surface area contributed by atoms with Crippen molar-refractivity contribution in [2.75, 3.05) is 6.61 Å². The smallest absolute Gasteiger partial charge is 0.272 e. The molecule has 0 saturated carbocycles. The van der Waals surface area contributed by atoms with Crippen molar-refractivity contribution in [3.05, 3.63) is 33.9 Å². The van der Waals surface area contributed by atoms with Gasteiger partial charge in [-0.05, 0) is 19.1 Å². The highest BCUT2D eigenvalue weighted by Gasteiger charge is 2.16. The molecule has 0 aliphatic heterocycles.